The second kappa shape index (κ2) is 8.49. The molecule has 10 heteroatoms. The molecular weight excluding hydrogens is 466 g/mol. The van der Waals surface area contributed by atoms with Gasteiger partial charge in [0.2, 0.25) is 5.91 Å². The Morgan fingerprint density at radius 1 is 1.25 bits per heavy atom. The molecule has 1 aliphatic carbocycles. The number of pyridine rings is 1. The SMILES string of the molecule is Cc1ccn2c(CC3CNCCO3)c(-c3c(F)cc(-c4nc(C5(C(N)=O)CC5)c[nH]4)cc3F)nc2c1. The molecule has 0 radical (unpaired) electrons. The fourth-order valence-electron chi connectivity index (χ4n) is 4.96. The minimum absolute atomic E-state index is 0.134. The number of amides is 1. The summed E-state index contributed by atoms with van der Waals surface area (Å²) >= 11 is 0. The molecule has 1 atom stereocenters. The van der Waals surface area contributed by atoms with E-state index in [1.54, 1.807) is 6.20 Å². The van der Waals surface area contributed by atoms with E-state index >= 15 is 8.78 Å². The average Bonchev–Trinajstić information content (AvgIpc) is 3.40. The summed E-state index contributed by atoms with van der Waals surface area (Å²) in [6.07, 6.45) is 5.00. The van der Waals surface area contributed by atoms with E-state index in [1.807, 2.05) is 29.7 Å². The summed E-state index contributed by atoms with van der Waals surface area (Å²) in [6, 6.07) is 6.30. The van der Waals surface area contributed by atoms with Crippen LogP contribution in [-0.2, 0) is 21.4 Å². The average molecular weight is 493 g/mol. The number of hydrogen-bond donors (Lipinski definition) is 3. The number of halogens is 2. The quantitative estimate of drug-likeness (QED) is 0.383. The summed E-state index contributed by atoms with van der Waals surface area (Å²) in [6.45, 7) is 3.95. The maximum atomic E-state index is 15.6. The number of nitrogens with one attached hydrogen (secondary N) is 2. The highest BCUT2D eigenvalue weighted by atomic mass is 19.1. The molecular formula is C26H26F2N6O2. The summed E-state index contributed by atoms with van der Waals surface area (Å²) < 4.78 is 38.9. The number of morpholine rings is 1. The largest absolute Gasteiger partial charge is 0.375 e. The standard InChI is InChI=1S/C26H26F2N6O2/c1-14-2-6-34-19(11-16-12-30-5-7-36-16)23(33-21(34)8-14)22-17(27)9-15(10-18(22)28)24-31-13-20(32-24)26(3-4-26)25(29)35/h2,6,8-10,13,16,30H,3-5,7,11-12H2,1H3,(H2,29,35)(H,31,32). The molecule has 4 aromatic rings. The van der Waals surface area contributed by atoms with Gasteiger partial charge in [-0.15, -0.1) is 0 Å². The van der Waals surface area contributed by atoms with E-state index in [0.717, 1.165) is 12.1 Å². The Labute approximate surface area is 205 Å². The zero-order valence-electron chi connectivity index (χ0n) is 19.8. The van der Waals surface area contributed by atoms with E-state index in [4.69, 9.17) is 10.5 Å². The van der Waals surface area contributed by atoms with E-state index in [2.05, 4.69) is 20.3 Å². The highest BCUT2D eigenvalue weighted by Gasteiger charge is 2.52. The summed E-state index contributed by atoms with van der Waals surface area (Å²) in [5.74, 6) is -1.67. The summed E-state index contributed by atoms with van der Waals surface area (Å²) in [5, 5.41) is 3.29. The molecule has 0 bridgehead atoms. The fourth-order valence-corrected chi connectivity index (χ4v) is 4.96. The lowest BCUT2D eigenvalue weighted by Crippen LogP contribution is -2.39. The van der Waals surface area contributed by atoms with Gasteiger partial charge in [0, 0.05) is 37.5 Å². The number of imidazole rings is 2. The van der Waals surface area contributed by atoms with Crippen molar-refractivity contribution in [2.24, 2.45) is 5.73 Å². The van der Waals surface area contributed by atoms with Crippen molar-refractivity contribution >= 4 is 11.6 Å². The van der Waals surface area contributed by atoms with Crippen LogP contribution in [0.3, 0.4) is 0 Å². The molecule has 2 fully saturated rings. The molecule has 3 aromatic heterocycles. The van der Waals surface area contributed by atoms with Crippen LogP contribution >= 0.6 is 0 Å². The zero-order valence-corrected chi connectivity index (χ0v) is 19.8. The van der Waals surface area contributed by atoms with Gasteiger partial charge in [0.1, 0.15) is 23.1 Å². The maximum Gasteiger partial charge on any atom is 0.229 e. The van der Waals surface area contributed by atoms with Gasteiger partial charge in [-0.3, -0.25) is 4.79 Å². The topological polar surface area (TPSA) is 110 Å². The molecule has 1 saturated carbocycles. The highest BCUT2D eigenvalue weighted by Crippen LogP contribution is 2.47. The first-order chi connectivity index (χ1) is 17.4. The van der Waals surface area contributed by atoms with Crippen LogP contribution in [0.4, 0.5) is 8.78 Å². The normalized spacial score (nSPS) is 19.0. The zero-order chi connectivity index (χ0) is 25.0. The molecule has 186 valence electrons. The first kappa shape index (κ1) is 22.8. The van der Waals surface area contributed by atoms with Gasteiger partial charge in [-0.05, 0) is 49.6 Å². The Balaban J connectivity index is 1.41. The molecule has 1 unspecified atom stereocenters. The van der Waals surface area contributed by atoms with E-state index in [1.165, 1.54) is 12.1 Å². The monoisotopic (exact) mass is 492 g/mol. The van der Waals surface area contributed by atoms with Crippen LogP contribution < -0.4 is 11.1 Å². The molecule has 4 heterocycles. The lowest BCUT2D eigenvalue weighted by atomic mass is 10.0. The first-order valence-corrected chi connectivity index (χ1v) is 12.0. The smallest absolute Gasteiger partial charge is 0.229 e. The van der Waals surface area contributed by atoms with Gasteiger partial charge in [-0.25, -0.2) is 18.7 Å². The lowest BCUT2D eigenvalue weighted by molar-refractivity contribution is -0.120. The third kappa shape index (κ3) is 3.77. The number of H-pyrrole nitrogens is 1. The summed E-state index contributed by atoms with van der Waals surface area (Å²) in [7, 11) is 0. The Morgan fingerprint density at radius 3 is 2.69 bits per heavy atom. The van der Waals surface area contributed by atoms with Crippen molar-refractivity contribution in [3.8, 4) is 22.6 Å². The van der Waals surface area contributed by atoms with Crippen LogP contribution in [-0.4, -0.2) is 51.1 Å². The third-order valence-electron chi connectivity index (χ3n) is 7.15. The van der Waals surface area contributed by atoms with E-state index < -0.39 is 23.0 Å². The van der Waals surface area contributed by atoms with Crippen LogP contribution in [0.15, 0.2) is 36.7 Å². The number of rotatable bonds is 6. The van der Waals surface area contributed by atoms with Crippen molar-refractivity contribution in [3.63, 3.8) is 0 Å². The predicted molar refractivity (Wildman–Crippen MR) is 129 cm³/mol. The highest BCUT2D eigenvalue weighted by molar-refractivity contribution is 5.89. The lowest BCUT2D eigenvalue weighted by Gasteiger charge is -2.24. The van der Waals surface area contributed by atoms with Crippen molar-refractivity contribution in [1.29, 1.82) is 0 Å². The third-order valence-corrected chi connectivity index (χ3v) is 7.15. The van der Waals surface area contributed by atoms with Gasteiger partial charge in [-0.1, -0.05) is 0 Å². The number of nitrogens with zero attached hydrogens (tertiary/aromatic N) is 3. The summed E-state index contributed by atoms with van der Waals surface area (Å²) in [4.78, 5) is 23.8. The molecule has 8 nitrogen and oxygen atoms in total. The van der Waals surface area contributed by atoms with Gasteiger partial charge in [0.05, 0.1) is 40.8 Å². The van der Waals surface area contributed by atoms with Crippen LogP contribution in [0.25, 0.3) is 28.3 Å². The summed E-state index contributed by atoms with van der Waals surface area (Å²) in [5.41, 5.74) is 7.83. The molecule has 1 aliphatic heterocycles. The van der Waals surface area contributed by atoms with Crippen LogP contribution in [0, 0.1) is 18.6 Å². The number of carbonyl (C=O) groups is 1. The second-order valence-corrected chi connectivity index (χ2v) is 9.64. The van der Waals surface area contributed by atoms with Gasteiger partial charge < -0.3 is 25.2 Å². The molecule has 6 rings (SSSR count). The maximum absolute atomic E-state index is 15.6. The number of aromatic amines is 1. The number of fused-ring (bicyclic) bond motifs is 1. The van der Waals surface area contributed by atoms with E-state index in [9.17, 15) is 4.79 Å². The van der Waals surface area contributed by atoms with Crippen molar-refractivity contribution in [1.82, 2.24) is 24.7 Å². The number of hydrogen-bond acceptors (Lipinski definition) is 5. The van der Waals surface area contributed by atoms with E-state index in [0.29, 0.717) is 49.4 Å². The first-order valence-electron chi connectivity index (χ1n) is 12.0. The van der Waals surface area contributed by atoms with Crippen molar-refractivity contribution < 1.29 is 18.3 Å². The number of ether oxygens (including phenoxy) is 1. The number of aryl methyl sites for hydroxylation is 1. The Kier molecular flexibility index (Phi) is 5.38. The molecule has 1 amide bonds. The minimum atomic E-state index is -0.786. The Hall–Kier alpha value is -3.63. The molecule has 36 heavy (non-hydrogen) atoms. The molecule has 1 aromatic carbocycles. The van der Waals surface area contributed by atoms with Crippen LogP contribution in [0.1, 0.15) is 29.8 Å². The van der Waals surface area contributed by atoms with Crippen LogP contribution in [0.5, 0.6) is 0 Å². The molecule has 4 N–H and O–H groups in total. The molecule has 2 aliphatic rings. The molecule has 1 saturated heterocycles. The number of aromatic nitrogens is 4. The molecule has 0 spiro atoms. The number of benzene rings is 1. The Bertz CT molecular complexity index is 1460. The van der Waals surface area contributed by atoms with Gasteiger partial charge in [0.25, 0.3) is 0 Å². The van der Waals surface area contributed by atoms with Crippen molar-refractivity contribution in [2.45, 2.75) is 37.7 Å². The Morgan fingerprint density at radius 2 is 2.03 bits per heavy atom. The van der Waals surface area contributed by atoms with Crippen molar-refractivity contribution in [2.75, 3.05) is 19.7 Å². The fraction of sp³-hybridized carbons (Fsp3) is 0.346. The van der Waals surface area contributed by atoms with E-state index in [-0.39, 0.29) is 28.7 Å². The minimum Gasteiger partial charge on any atom is -0.375 e. The second-order valence-electron chi connectivity index (χ2n) is 9.64. The van der Waals surface area contributed by atoms with Gasteiger partial charge in [-0.2, -0.15) is 0 Å². The van der Waals surface area contributed by atoms with Gasteiger partial charge >= 0.3 is 0 Å². The number of primary amides is 1. The van der Waals surface area contributed by atoms with Crippen LogP contribution in [0.2, 0.25) is 0 Å². The number of carbonyl (C=O) groups excluding carboxylic acids is 1. The predicted octanol–water partition coefficient (Wildman–Crippen LogP) is 3.03. The van der Waals surface area contributed by atoms with Crippen molar-refractivity contribution in [3.05, 3.63) is 65.2 Å². The number of nitrogens with two attached hydrogens (primary N) is 1. The van der Waals surface area contributed by atoms with Gasteiger partial charge in [0.15, 0.2) is 0 Å².